The predicted octanol–water partition coefficient (Wildman–Crippen LogP) is 1.91. The molecule has 1 heterocycles. The maximum Gasteiger partial charge on any atom is 0.422 e. The number of nitrogens with one attached hydrogen (secondary N) is 1. The number of alkyl carbamates (subject to hydrolysis) is 1. The fourth-order valence-corrected chi connectivity index (χ4v) is 1.29. The van der Waals surface area contributed by atoms with Gasteiger partial charge in [-0.25, -0.2) is 19.7 Å². The normalized spacial score (nSPS) is 9.50. The van der Waals surface area contributed by atoms with Gasteiger partial charge in [-0.05, 0) is 26.0 Å². The molecule has 0 atom stereocenters. The number of urea groups is 1. The number of hydrogen-bond donors (Lipinski definition) is 1. The first kappa shape index (κ1) is 15.4. The van der Waals surface area contributed by atoms with Crippen LogP contribution in [-0.4, -0.2) is 36.4 Å². The lowest BCUT2D eigenvalue weighted by Crippen LogP contribution is -2.46. The predicted molar refractivity (Wildman–Crippen MR) is 69.3 cm³/mol. The van der Waals surface area contributed by atoms with Gasteiger partial charge in [0.25, 0.3) is 0 Å². The lowest BCUT2D eigenvalue weighted by atomic mass is 10.4. The molecule has 0 unspecified atom stereocenters. The Bertz CT molecular complexity index is 477. The number of amides is 4. The summed E-state index contributed by atoms with van der Waals surface area (Å²) in [5, 5.41) is 1.92. The number of carbonyl (C=O) groups is 3. The minimum absolute atomic E-state index is 0.0856. The van der Waals surface area contributed by atoms with E-state index in [1.54, 1.807) is 19.9 Å². The molecule has 8 nitrogen and oxygen atoms in total. The first-order valence-electron chi connectivity index (χ1n) is 5.94. The average molecular weight is 281 g/mol. The Morgan fingerprint density at radius 2 is 1.95 bits per heavy atom. The molecule has 8 heteroatoms. The minimum atomic E-state index is -0.977. The van der Waals surface area contributed by atoms with Gasteiger partial charge in [0.15, 0.2) is 0 Å². The highest BCUT2D eigenvalue weighted by molar-refractivity contribution is 6.14. The summed E-state index contributed by atoms with van der Waals surface area (Å²) in [6.45, 7) is 3.38. The van der Waals surface area contributed by atoms with Gasteiger partial charge in [0.2, 0.25) is 0 Å². The molecule has 1 rings (SSSR count). The van der Waals surface area contributed by atoms with Gasteiger partial charge in [-0.15, -0.1) is 0 Å². The molecule has 1 N–H and O–H groups in total. The summed E-state index contributed by atoms with van der Waals surface area (Å²) >= 11 is 0. The van der Waals surface area contributed by atoms with E-state index in [0.717, 1.165) is 0 Å². The average Bonchev–Trinajstić information content (AvgIpc) is 2.40. The summed E-state index contributed by atoms with van der Waals surface area (Å²) in [7, 11) is 0. The SMILES string of the molecule is CCOC(=O)NC(=O)N(C(=O)OCC)c1cccnc1. The first-order valence-corrected chi connectivity index (χ1v) is 5.94. The van der Waals surface area contributed by atoms with Crippen molar-refractivity contribution >= 4 is 23.9 Å². The third kappa shape index (κ3) is 4.23. The van der Waals surface area contributed by atoms with Gasteiger partial charge in [-0.3, -0.25) is 4.98 Å². The molecule has 0 fully saturated rings. The fourth-order valence-electron chi connectivity index (χ4n) is 1.29. The Hall–Kier alpha value is -2.64. The molecular weight excluding hydrogens is 266 g/mol. The van der Waals surface area contributed by atoms with Crippen LogP contribution in [0.2, 0.25) is 0 Å². The van der Waals surface area contributed by atoms with Crippen LogP contribution in [0.4, 0.5) is 20.1 Å². The summed E-state index contributed by atoms with van der Waals surface area (Å²) in [6, 6.07) is 2.04. The highest BCUT2D eigenvalue weighted by Gasteiger charge is 2.26. The molecule has 20 heavy (non-hydrogen) atoms. The van der Waals surface area contributed by atoms with Crippen molar-refractivity contribution in [2.45, 2.75) is 13.8 Å². The minimum Gasteiger partial charge on any atom is -0.450 e. The van der Waals surface area contributed by atoms with E-state index < -0.39 is 18.2 Å². The van der Waals surface area contributed by atoms with Gasteiger partial charge in [-0.2, -0.15) is 4.90 Å². The highest BCUT2D eigenvalue weighted by atomic mass is 16.6. The fraction of sp³-hybridized carbons (Fsp3) is 0.333. The molecule has 0 aliphatic rings. The van der Waals surface area contributed by atoms with Crippen molar-refractivity contribution in [1.82, 2.24) is 10.3 Å². The van der Waals surface area contributed by atoms with Crippen LogP contribution < -0.4 is 10.2 Å². The Morgan fingerprint density at radius 1 is 1.25 bits per heavy atom. The van der Waals surface area contributed by atoms with Crippen LogP contribution in [-0.2, 0) is 9.47 Å². The van der Waals surface area contributed by atoms with E-state index in [9.17, 15) is 14.4 Å². The Labute approximate surface area is 115 Å². The van der Waals surface area contributed by atoms with Gasteiger partial charge >= 0.3 is 18.2 Å². The molecule has 1 aromatic heterocycles. The van der Waals surface area contributed by atoms with Crippen LogP contribution in [0.25, 0.3) is 0 Å². The highest BCUT2D eigenvalue weighted by Crippen LogP contribution is 2.13. The molecule has 0 bridgehead atoms. The van der Waals surface area contributed by atoms with Crippen LogP contribution in [0.3, 0.4) is 0 Å². The van der Waals surface area contributed by atoms with Gasteiger partial charge in [0.05, 0.1) is 25.1 Å². The second-order valence-corrected chi connectivity index (χ2v) is 3.40. The van der Waals surface area contributed by atoms with E-state index in [0.29, 0.717) is 4.90 Å². The zero-order valence-corrected chi connectivity index (χ0v) is 11.2. The van der Waals surface area contributed by atoms with E-state index in [-0.39, 0.29) is 18.9 Å². The van der Waals surface area contributed by atoms with E-state index in [4.69, 9.17) is 4.74 Å². The van der Waals surface area contributed by atoms with Crippen molar-refractivity contribution in [3.63, 3.8) is 0 Å². The second kappa shape index (κ2) is 7.72. The van der Waals surface area contributed by atoms with Crippen LogP contribution >= 0.6 is 0 Å². The molecule has 1 aromatic rings. The summed E-state index contributed by atoms with van der Waals surface area (Å²) in [4.78, 5) is 39.4. The third-order valence-electron chi connectivity index (χ3n) is 2.04. The third-order valence-corrected chi connectivity index (χ3v) is 2.04. The van der Waals surface area contributed by atoms with Crippen molar-refractivity contribution in [3.05, 3.63) is 24.5 Å². The summed E-state index contributed by atoms with van der Waals surface area (Å²) < 4.78 is 9.34. The quantitative estimate of drug-likeness (QED) is 0.908. The zero-order valence-electron chi connectivity index (χ0n) is 11.2. The summed E-state index contributed by atoms with van der Waals surface area (Å²) in [5.74, 6) is 0. The van der Waals surface area contributed by atoms with Gasteiger partial charge < -0.3 is 9.47 Å². The second-order valence-electron chi connectivity index (χ2n) is 3.40. The van der Waals surface area contributed by atoms with Crippen molar-refractivity contribution < 1.29 is 23.9 Å². The number of carbonyl (C=O) groups excluding carboxylic acids is 3. The van der Waals surface area contributed by atoms with Crippen molar-refractivity contribution in [2.75, 3.05) is 18.1 Å². The van der Waals surface area contributed by atoms with Crippen LogP contribution in [0, 0.1) is 0 Å². The number of rotatable bonds is 3. The number of ether oxygens (including phenoxy) is 2. The number of pyridine rings is 1. The van der Waals surface area contributed by atoms with Crippen LogP contribution in [0.5, 0.6) is 0 Å². The van der Waals surface area contributed by atoms with E-state index in [1.165, 1.54) is 18.5 Å². The summed E-state index contributed by atoms with van der Waals surface area (Å²) in [5.41, 5.74) is 0.174. The molecule has 0 saturated heterocycles. The van der Waals surface area contributed by atoms with E-state index in [2.05, 4.69) is 9.72 Å². The first-order chi connectivity index (χ1) is 9.60. The lowest BCUT2D eigenvalue weighted by Gasteiger charge is -2.19. The maximum absolute atomic E-state index is 11.9. The van der Waals surface area contributed by atoms with E-state index >= 15 is 0 Å². The number of anilines is 1. The molecule has 108 valence electrons. The zero-order chi connectivity index (χ0) is 15.0. The van der Waals surface area contributed by atoms with Gasteiger partial charge in [0.1, 0.15) is 0 Å². The maximum atomic E-state index is 11.9. The monoisotopic (exact) mass is 281 g/mol. The van der Waals surface area contributed by atoms with E-state index in [1.807, 2.05) is 5.32 Å². The molecule has 0 aliphatic heterocycles. The Kier molecular flexibility index (Phi) is 5.95. The Morgan fingerprint density at radius 3 is 2.50 bits per heavy atom. The van der Waals surface area contributed by atoms with Crippen LogP contribution in [0.15, 0.2) is 24.5 Å². The van der Waals surface area contributed by atoms with Crippen molar-refractivity contribution in [2.24, 2.45) is 0 Å². The molecule has 0 aliphatic carbocycles. The number of aromatic nitrogens is 1. The summed E-state index contributed by atoms with van der Waals surface area (Å²) in [6.07, 6.45) is 0.913. The molecular formula is C12H15N3O5. The standard InChI is InChI=1S/C12H15N3O5/c1-3-19-11(17)14-10(16)15(12(18)20-4-2)9-6-5-7-13-8-9/h5-8H,3-4H2,1-2H3,(H,14,16,17). The molecule has 4 amide bonds. The molecule has 0 spiro atoms. The van der Waals surface area contributed by atoms with Crippen molar-refractivity contribution in [1.29, 1.82) is 0 Å². The number of nitrogens with zero attached hydrogens (tertiary/aromatic N) is 2. The smallest absolute Gasteiger partial charge is 0.422 e. The molecule has 0 aromatic carbocycles. The topological polar surface area (TPSA) is 97.8 Å². The van der Waals surface area contributed by atoms with Gasteiger partial charge in [0, 0.05) is 6.20 Å². The molecule has 0 saturated carbocycles. The largest absolute Gasteiger partial charge is 0.450 e. The van der Waals surface area contributed by atoms with Crippen LogP contribution in [0.1, 0.15) is 13.8 Å². The van der Waals surface area contributed by atoms with Gasteiger partial charge in [-0.1, -0.05) is 0 Å². The number of imide groups is 2. The lowest BCUT2D eigenvalue weighted by molar-refractivity contribution is 0.150. The van der Waals surface area contributed by atoms with Crippen molar-refractivity contribution in [3.8, 4) is 0 Å². The molecule has 0 radical (unpaired) electrons. The number of hydrogen-bond acceptors (Lipinski definition) is 6. The Balaban J connectivity index is 2.91.